The Labute approximate surface area is 99.7 Å². The first-order chi connectivity index (χ1) is 8.27. The van der Waals surface area contributed by atoms with Crippen molar-refractivity contribution in [1.82, 2.24) is 4.90 Å². The van der Waals surface area contributed by atoms with Crippen LogP contribution in [-0.2, 0) is 0 Å². The molecule has 3 nitrogen and oxygen atoms in total. The van der Waals surface area contributed by atoms with Crippen LogP contribution in [0, 0.1) is 0 Å². The minimum Gasteiger partial charge on any atom is -0.274 e. The van der Waals surface area contributed by atoms with E-state index in [1.165, 1.54) is 23.3 Å². The molecule has 0 N–H and O–H groups in total. The molecule has 0 unspecified atom stereocenters. The van der Waals surface area contributed by atoms with Crippen LogP contribution in [0.2, 0.25) is 0 Å². The third kappa shape index (κ3) is 1.78. The minimum atomic E-state index is -0.153. The van der Waals surface area contributed by atoms with Crippen LogP contribution in [0.4, 0.5) is 0 Å². The van der Waals surface area contributed by atoms with Crippen LogP contribution >= 0.6 is 0 Å². The molecule has 0 bridgehead atoms. The van der Waals surface area contributed by atoms with Crippen LogP contribution in [0.25, 0.3) is 0 Å². The number of allylic oxidation sites excluding steroid dienone is 1. The van der Waals surface area contributed by atoms with Gasteiger partial charge in [0.2, 0.25) is 0 Å². The van der Waals surface area contributed by atoms with Gasteiger partial charge in [0.05, 0.1) is 11.1 Å². The Kier molecular flexibility index (Phi) is 2.32. The van der Waals surface area contributed by atoms with Crippen LogP contribution in [-0.4, -0.2) is 23.3 Å². The number of hydrogen-bond donors (Lipinski definition) is 0. The molecule has 17 heavy (non-hydrogen) atoms. The number of carbonyl (C=O) groups is 2. The topological polar surface area (TPSA) is 37.4 Å². The van der Waals surface area contributed by atoms with E-state index < -0.39 is 0 Å². The molecule has 3 heteroatoms. The van der Waals surface area contributed by atoms with Gasteiger partial charge in [-0.1, -0.05) is 23.8 Å². The molecule has 1 fully saturated rings. The maximum Gasteiger partial charge on any atom is 0.261 e. The van der Waals surface area contributed by atoms with E-state index in [0.29, 0.717) is 17.7 Å². The molecule has 1 aliphatic carbocycles. The van der Waals surface area contributed by atoms with Crippen LogP contribution in [0.5, 0.6) is 0 Å². The molecular weight excluding hydrogens is 214 g/mol. The van der Waals surface area contributed by atoms with E-state index in [0.717, 1.165) is 6.42 Å². The number of rotatable bonds is 3. The summed E-state index contributed by atoms with van der Waals surface area (Å²) in [5, 5.41) is 0. The highest BCUT2D eigenvalue weighted by atomic mass is 16.2. The summed E-state index contributed by atoms with van der Waals surface area (Å²) in [7, 11) is 0. The van der Waals surface area contributed by atoms with Crippen molar-refractivity contribution in [1.29, 1.82) is 0 Å². The summed E-state index contributed by atoms with van der Waals surface area (Å²) in [5.41, 5.74) is 2.52. The molecule has 0 aromatic heterocycles. The highest BCUT2D eigenvalue weighted by Gasteiger charge is 2.34. The van der Waals surface area contributed by atoms with Crippen LogP contribution in [0.15, 0.2) is 35.9 Å². The molecule has 2 aliphatic rings. The lowest BCUT2D eigenvalue weighted by Crippen LogP contribution is -2.30. The highest BCUT2D eigenvalue weighted by molar-refractivity contribution is 6.21. The summed E-state index contributed by atoms with van der Waals surface area (Å²) in [6.45, 7) is 0.496. The molecule has 1 aromatic rings. The first kappa shape index (κ1) is 10.3. The van der Waals surface area contributed by atoms with Gasteiger partial charge < -0.3 is 0 Å². The van der Waals surface area contributed by atoms with Gasteiger partial charge in [0.15, 0.2) is 0 Å². The van der Waals surface area contributed by atoms with E-state index in [1.54, 1.807) is 24.3 Å². The normalized spacial score (nSPS) is 17.4. The Morgan fingerprint density at radius 2 is 1.65 bits per heavy atom. The van der Waals surface area contributed by atoms with Gasteiger partial charge in [0.1, 0.15) is 0 Å². The van der Waals surface area contributed by atoms with Crippen molar-refractivity contribution < 1.29 is 9.59 Å². The van der Waals surface area contributed by atoms with Crippen molar-refractivity contribution in [2.75, 3.05) is 6.54 Å². The summed E-state index contributed by atoms with van der Waals surface area (Å²) in [5.74, 6) is -0.306. The van der Waals surface area contributed by atoms with Gasteiger partial charge in [-0.25, -0.2) is 0 Å². The average Bonchev–Trinajstić information content (AvgIpc) is 3.13. The van der Waals surface area contributed by atoms with Gasteiger partial charge in [0, 0.05) is 6.54 Å². The number of nitrogens with zero attached hydrogens (tertiary/aromatic N) is 1. The van der Waals surface area contributed by atoms with E-state index in [9.17, 15) is 9.59 Å². The second-order valence-electron chi connectivity index (χ2n) is 4.46. The van der Waals surface area contributed by atoms with E-state index in [1.807, 2.05) is 0 Å². The van der Waals surface area contributed by atoms with Crippen LogP contribution < -0.4 is 0 Å². The van der Waals surface area contributed by atoms with Crippen LogP contribution in [0.1, 0.15) is 40.0 Å². The lowest BCUT2D eigenvalue weighted by atomic mass is 10.1. The van der Waals surface area contributed by atoms with Crippen LogP contribution in [0.3, 0.4) is 0 Å². The number of imide groups is 1. The molecule has 0 saturated heterocycles. The Balaban J connectivity index is 1.77. The zero-order valence-corrected chi connectivity index (χ0v) is 9.48. The molecular formula is C14H13NO2. The molecule has 1 heterocycles. The third-order valence-corrected chi connectivity index (χ3v) is 3.20. The Morgan fingerprint density at radius 3 is 2.18 bits per heavy atom. The molecule has 86 valence electrons. The summed E-state index contributed by atoms with van der Waals surface area (Å²) >= 11 is 0. The monoisotopic (exact) mass is 227 g/mol. The number of fused-ring (bicyclic) bond motifs is 1. The summed E-state index contributed by atoms with van der Waals surface area (Å²) in [6.07, 6.45) is 5.29. The van der Waals surface area contributed by atoms with Crippen molar-refractivity contribution in [3.8, 4) is 0 Å². The summed E-state index contributed by atoms with van der Waals surface area (Å²) in [4.78, 5) is 25.3. The van der Waals surface area contributed by atoms with Crippen molar-refractivity contribution in [3.05, 3.63) is 47.0 Å². The Bertz CT molecular complexity index is 490. The summed E-state index contributed by atoms with van der Waals surface area (Å²) in [6, 6.07) is 7.02. The Morgan fingerprint density at radius 1 is 1.06 bits per heavy atom. The SMILES string of the molecule is O=C1c2ccccc2C(=O)N1CCC=C1CC1. The maximum atomic E-state index is 12.0. The summed E-state index contributed by atoms with van der Waals surface area (Å²) < 4.78 is 0. The molecule has 0 spiro atoms. The fourth-order valence-corrected chi connectivity index (χ4v) is 2.12. The second-order valence-corrected chi connectivity index (χ2v) is 4.46. The van der Waals surface area contributed by atoms with Gasteiger partial charge in [0.25, 0.3) is 11.8 Å². The lowest BCUT2D eigenvalue weighted by Gasteiger charge is -2.11. The van der Waals surface area contributed by atoms with E-state index in [2.05, 4.69) is 6.08 Å². The molecule has 0 atom stereocenters. The van der Waals surface area contributed by atoms with Gasteiger partial charge in [-0.2, -0.15) is 0 Å². The second kappa shape index (κ2) is 3.84. The smallest absolute Gasteiger partial charge is 0.261 e. The lowest BCUT2D eigenvalue weighted by molar-refractivity contribution is 0.0657. The van der Waals surface area contributed by atoms with Gasteiger partial charge in [-0.15, -0.1) is 0 Å². The van der Waals surface area contributed by atoms with Gasteiger partial charge in [-0.3, -0.25) is 14.5 Å². The minimum absolute atomic E-state index is 0.153. The highest BCUT2D eigenvalue weighted by Crippen LogP contribution is 2.28. The number of amides is 2. The van der Waals surface area contributed by atoms with Crippen molar-refractivity contribution >= 4 is 11.8 Å². The van der Waals surface area contributed by atoms with Gasteiger partial charge in [-0.05, 0) is 31.4 Å². The largest absolute Gasteiger partial charge is 0.274 e. The maximum absolute atomic E-state index is 12.0. The van der Waals surface area contributed by atoms with E-state index >= 15 is 0 Å². The zero-order chi connectivity index (χ0) is 11.8. The van der Waals surface area contributed by atoms with Crippen molar-refractivity contribution in [2.45, 2.75) is 19.3 Å². The van der Waals surface area contributed by atoms with Crippen molar-refractivity contribution in [3.63, 3.8) is 0 Å². The number of benzene rings is 1. The Hall–Kier alpha value is -1.90. The van der Waals surface area contributed by atoms with E-state index in [4.69, 9.17) is 0 Å². The number of carbonyl (C=O) groups excluding carboxylic acids is 2. The average molecular weight is 227 g/mol. The zero-order valence-electron chi connectivity index (χ0n) is 9.48. The fraction of sp³-hybridized carbons (Fsp3) is 0.286. The molecule has 0 radical (unpaired) electrons. The predicted molar refractivity (Wildman–Crippen MR) is 63.7 cm³/mol. The van der Waals surface area contributed by atoms with Crippen molar-refractivity contribution in [2.24, 2.45) is 0 Å². The molecule has 1 aliphatic heterocycles. The number of hydrogen-bond acceptors (Lipinski definition) is 2. The molecule has 3 rings (SSSR count). The molecule has 1 saturated carbocycles. The molecule has 2 amide bonds. The van der Waals surface area contributed by atoms with E-state index in [-0.39, 0.29) is 11.8 Å². The first-order valence-corrected chi connectivity index (χ1v) is 5.90. The quantitative estimate of drug-likeness (QED) is 0.587. The third-order valence-electron chi connectivity index (χ3n) is 3.20. The molecule has 1 aromatic carbocycles. The predicted octanol–water partition coefficient (Wildman–Crippen LogP) is 2.39. The fourth-order valence-electron chi connectivity index (χ4n) is 2.12. The van der Waals surface area contributed by atoms with Gasteiger partial charge >= 0.3 is 0 Å². The standard InChI is InChI=1S/C14H13NO2/c16-13-11-5-1-2-6-12(11)14(17)15(13)9-3-4-10-7-8-10/h1-2,4-6H,3,7-9H2. The first-order valence-electron chi connectivity index (χ1n) is 5.90.